The van der Waals surface area contributed by atoms with Crippen LogP contribution in [0.5, 0.6) is 0 Å². The molecule has 5 heteroatoms. The second-order valence-corrected chi connectivity index (χ2v) is 5.01. The molecular weight excluding hydrogens is 218 g/mol. The van der Waals surface area contributed by atoms with Crippen LogP contribution in [0.3, 0.4) is 0 Å². The van der Waals surface area contributed by atoms with Gasteiger partial charge in [-0.25, -0.2) is 0 Å². The minimum atomic E-state index is -0.908. The van der Waals surface area contributed by atoms with Crippen LogP contribution in [0.15, 0.2) is 5.16 Å². The number of nitrogens with one attached hydrogen (secondary N) is 1. The number of rotatable bonds is 7. The monoisotopic (exact) mass is 241 g/mol. The molecule has 1 amide bonds. The lowest BCUT2D eigenvalue weighted by Gasteiger charge is -2.25. The second kappa shape index (κ2) is 5.89. The van der Waals surface area contributed by atoms with Gasteiger partial charge >= 0.3 is 0 Å². The van der Waals surface area contributed by atoms with Crippen molar-refractivity contribution in [3.8, 4) is 0 Å². The molecule has 1 aliphatic carbocycles. The summed E-state index contributed by atoms with van der Waals surface area (Å²) < 4.78 is 0. The molecule has 0 aromatic rings. The molecule has 17 heavy (non-hydrogen) atoms. The van der Waals surface area contributed by atoms with Gasteiger partial charge in [-0.1, -0.05) is 24.9 Å². The van der Waals surface area contributed by atoms with Gasteiger partial charge in [0.2, 0.25) is 5.91 Å². The summed E-state index contributed by atoms with van der Waals surface area (Å²) in [5.41, 5.74) is 4.66. The van der Waals surface area contributed by atoms with E-state index in [2.05, 4.69) is 10.5 Å². The van der Waals surface area contributed by atoms with Crippen LogP contribution < -0.4 is 11.1 Å². The molecule has 0 saturated heterocycles. The maximum atomic E-state index is 12.0. The van der Waals surface area contributed by atoms with Crippen molar-refractivity contribution < 1.29 is 10.0 Å². The average molecular weight is 241 g/mol. The fourth-order valence-corrected chi connectivity index (χ4v) is 1.76. The van der Waals surface area contributed by atoms with E-state index in [4.69, 9.17) is 10.9 Å². The predicted octanol–water partition coefficient (Wildman–Crippen LogP) is 1.46. The summed E-state index contributed by atoms with van der Waals surface area (Å²) in [5.74, 6) is 0.694. The van der Waals surface area contributed by atoms with Crippen molar-refractivity contribution in [1.29, 1.82) is 0 Å². The van der Waals surface area contributed by atoms with E-state index in [0.29, 0.717) is 13.0 Å². The third-order valence-electron chi connectivity index (χ3n) is 3.65. The summed E-state index contributed by atoms with van der Waals surface area (Å²) in [5, 5.41) is 14.5. The van der Waals surface area contributed by atoms with Crippen LogP contribution in [0.25, 0.3) is 0 Å². The molecule has 0 radical (unpaired) electrons. The first-order chi connectivity index (χ1) is 8.04. The van der Waals surface area contributed by atoms with Crippen LogP contribution in [-0.2, 0) is 4.79 Å². The smallest absolute Gasteiger partial charge is 0.233 e. The number of nitrogens with two attached hydrogens (primary N) is 1. The van der Waals surface area contributed by atoms with Crippen molar-refractivity contribution in [2.24, 2.45) is 22.2 Å². The van der Waals surface area contributed by atoms with Crippen molar-refractivity contribution in [3.05, 3.63) is 0 Å². The van der Waals surface area contributed by atoms with E-state index in [1.807, 2.05) is 6.92 Å². The van der Waals surface area contributed by atoms with Gasteiger partial charge in [0.25, 0.3) is 0 Å². The van der Waals surface area contributed by atoms with Gasteiger partial charge < -0.3 is 16.3 Å². The molecule has 0 aliphatic heterocycles. The summed E-state index contributed by atoms with van der Waals surface area (Å²) in [4.78, 5) is 12.0. The summed E-state index contributed by atoms with van der Waals surface area (Å²) in [6.45, 7) is 4.21. The highest BCUT2D eigenvalue weighted by molar-refractivity contribution is 6.06. The lowest BCUT2D eigenvalue weighted by Crippen LogP contribution is -2.47. The zero-order valence-electron chi connectivity index (χ0n) is 10.7. The number of amides is 1. The van der Waals surface area contributed by atoms with E-state index in [-0.39, 0.29) is 11.7 Å². The van der Waals surface area contributed by atoms with Crippen LogP contribution in [0.1, 0.15) is 46.0 Å². The van der Waals surface area contributed by atoms with E-state index < -0.39 is 5.41 Å². The van der Waals surface area contributed by atoms with Crippen LogP contribution in [0.4, 0.5) is 0 Å². The molecule has 4 N–H and O–H groups in total. The van der Waals surface area contributed by atoms with E-state index in [9.17, 15) is 4.79 Å². The Morgan fingerprint density at radius 3 is 2.71 bits per heavy atom. The first-order valence-corrected chi connectivity index (χ1v) is 6.31. The molecular formula is C12H23N3O2. The number of carbonyl (C=O) groups is 1. The van der Waals surface area contributed by atoms with Crippen molar-refractivity contribution in [3.63, 3.8) is 0 Å². The molecule has 1 aliphatic rings. The van der Waals surface area contributed by atoms with Crippen molar-refractivity contribution >= 4 is 11.7 Å². The van der Waals surface area contributed by atoms with Crippen LogP contribution in [0, 0.1) is 11.3 Å². The van der Waals surface area contributed by atoms with Crippen molar-refractivity contribution in [1.82, 2.24) is 5.32 Å². The Bertz CT molecular complexity index is 300. The number of hydrogen-bond acceptors (Lipinski definition) is 3. The molecule has 0 heterocycles. The SMILES string of the molecule is CCC(C)(C(=O)NCCCC1CC1)C(N)=NO. The predicted molar refractivity (Wildman–Crippen MR) is 66.8 cm³/mol. The molecule has 1 fully saturated rings. The summed E-state index contributed by atoms with van der Waals surface area (Å²) in [6, 6.07) is 0. The Hall–Kier alpha value is -1.26. The molecule has 0 aromatic heterocycles. The van der Waals surface area contributed by atoms with Gasteiger partial charge in [-0.3, -0.25) is 4.79 Å². The molecule has 98 valence electrons. The van der Waals surface area contributed by atoms with Gasteiger partial charge in [0, 0.05) is 6.54 Å². The maximum absolute atomic E-state index is 12.0. The normalized spacial score (nSPS) is 19.8. The fraction of sp³-hybridized carbons (Fsp3) is 0.833. The number of hydrogen-bond donors (Lipinski definition) is 3. The topological polar surface area (TPSA) is 87.7 Å². The third kappa shape index (κ3) is 3.61. The number of carbonyl (C=O) groups excluding carboxylic acids is 1. The van der Waals surface area contributed by atoms with Gasteiger partial charge in [-0.05, 0) is 32.1 Å². The standard InChI is InChI=1S/C12H23N3O2/c1-3-12(2,10(13)15-17)11(16)14-8-4-5-9-6-7-9/h9,17H,3-8H2,1-2H3,(H2,13,15)(H,14,16). The zero-order valence-corrected chi connectivity index (χ0v) is 10.7. The lowest BCUT2D eigenvalue weighted by atomic mass is 9.85. The molecule has 1 unspecified atom stereocenters. The fourth-order valence-electron chi connectivity index (χ4n) is 1.76. The van der Waals surface area contributed by atoms with Crippen molar-refractivity contribution in [2.45, 2.75) is 46.0 Å². The molecule has 5 nitrogen and oxygen atoms in total. The van der Waals surface area contributed by atoms with Crippen LogP contribution in [0.2, 0.25) is 0 Å². The highest BCUT2D eigenvalue weighted by atomic mass is 16.4. The van der Waals surface area contributed by atoms with E-state index >= 15 is 0 Å². The second-order valence-electron chi connectivity index (χ2n) is 5.01. The Morgan fingerprint density at radius 2 is 2.24 bits per heavy atom. The highest BCUT2D eigenvalue weighted by Crippen LogP contribution is 2.33. The quantitative estimate of drug-likeness (QED) is 0.207. The van der Waals surface area contributed by atoms with Crippen molar-refractivity contribution in [2.75, 3.05) is 6.54 Å². The number of nitrogens with zero attached hydrogens (tertiary/aromatic N) is 1. The lowest BCUT2D eigenvalue weighted by molar-refractivity contribution is -0.127. The van der Waals surface area contributed by atoms with E-state index in [1.54, 1.807) is 6.92 Å². The highest BCUT2D eigenvalue weighted by Gasteiger charge is 2.36. The van der Waals surface area contributed by atoms with Gasteiger partial charge in [-0.15, -0.1) is 0 Å². The largest absolute Gasteiger partial charge is 0.409 e. The minimum absolute atomic E-state index is 0.0281. The van der Waals surface area contributed by atoms with E-state index in [1.165, 1.54) is 19.3 Å². The molecule has 1 rings (SSSR count). The Balaban J connectivity index is 2.36. The molecule has 0 aromatic carbocycles. The third-order valence-corrected chi connectivity index (χ3v) is 3.65. The first kappa shape index (κ1) is 13.8. The van der Waals surface area contributed by atoms with Crippen LogP contribution in [-0.4, -0.2) is 23.5 Å². The Labute approximate surface area is 102 Å². The summed E-state index contributed by atoms with van der Waals surface area (Å²) in [7, 11) is 0. The van der Waals surface area contributed by atoms with Gasteiger partial charge in [0.1, 0.15) is 5.41 Å². The number of oxime groups is 1. The van der Waals surface area contributed by atoms with Gasteiger partial charge in [0.05, 0.1) is 0 Å². The Morgan fingerprint density at radius 1 is 1.59 bits per heavy atom. The minimum Gasteiger partial charge on any atom is -0.409 e. The summed E-state index contributed by atoms with van der Waals surface area (Å²) in [6.07, 6.45) is 5.38. The first-order valence-electron chi connectivity index (χ1n) is 6.31. The molecule has 1 atom stereocenters. The van der Waals surface area contributed by atoms with Gasteiger partial charge in [0.15, 0.2) is 5.84 Å². The number of amidine groups is 1. The van der Waals surface area contributed by atoms with E-state index in [0.717, 1.165) is 12.3 Å². The van der Waals surface area contributed by atoms with Gasteiger partial charge in [-0.2, -0.15) is 0 Å². The molecule has 1 saturated carbocycles. The Kier molecular flexibility index (Phi) is 4.78. The molecule has 0 spiro atoms. The average Bonchev–Trinajstić information content (AvgIpc) is 3.16. The molecule has 0 bridgehead atoms. The zero-order chi connectivity index (χ0) is 12.9. The maximum Gasteiger partial charge on any atom is 0.233 e. The van der Waals surface area contributed by atoms with Crippen LogP contribution >= 0.6 is 0 Å². The summed E-state index contributed by atoms with van der Waals surface area (Å²) >= 11 is 0.